The van der Waals surface area contributed by atoms with E-state index >= 15 is 0 Å². The van der Waals surface area contributed by atoms with Gasteiger partial charge in [0.15, 0.2) is 5.16 Å². The van der Waals surface area contributed by atoms with E-state index in [0.717, 1.165) is 22.3 Å². The van der Waals surface area contributed by atoms with Crippen LogP contribution in [0.3, 0.4) is 0 Å². The molecule has 0 radical (unpaired) electrons. The van der Waals surface area contributed by atoms with E-state index in [-0.39, 0.29) is 11.7 Å². The quantitative estimate of drug-likeness (QED) is 0.739. The third kappa shape index (κ3) is 2.88. The lowest BCUT2D eigenvalue weighted by Crippen LogP contribution is -2.15. The van der Waals surface area contributed by atoms with E-state index in [9.17, 15) is 4.79 Å². The fourth-order valence-corrected chi connectivity index (χ4v) is 3.11. The summed E-state index contributed by atoms with van der Waals surface area (Å²) in [4.78, 5) is 12.0. The Kier molecular flexibility index (Phi) is 3.84. The Morgan fingerprint density at radius 2 is 2.29 bits per heavy atom. The first-order valence-corrected chi connectivity index (χ1v) is 7.85. The van der Waals surface area contributed by atoms with Gasteiger partial charge in [-0.2, -0.15) is 8.75 Å². The second-order valence-corrected chi connectivity index (χ2v) is 5.90. The Morgan fingerprint density at radius 3 is 3.05 bits per heavy atom. The van der Waals surface area contributed by atoms with Crippen molar-refractivity contribution in [3.05, 3.63) is 24.0 Å². The Hall–Kier alpha value is -2.00. The summed E-state index contributed by atoms with van der Waals surface area (Å²) in [7, 11) is 1.84. The van der Waals surface area contributed by atoms with Crippen molar-refractivity contribution in [2.24, 2.45) is 7.05 Å². The maximum Gasteiger partial charge on any atom is 0.234 e. The van der Waals surface area contributed by atoms with Crippen molar-refractivity contribution < 1.29 is 4.79 Å². The second kappa shape index (κ2) is 5.78. The average molecular weight is 320 g/mol. The highest BCUT2D eigenvalue weighted by Crippen LogP contribution is 2.24. The SMILES string of the molecule is Cc1c(NC(=O)CSc2nncn2C)ccc2nsnc12. The number of benzene rings is 1. The molecule has 3 rings (SSSR count). The molecule has 0 unspecified atom stereocenters. The largest absolute Gasteiger partial charge is 0.325 e. The molecule has 9 heteroatoms. The van der Waals surface area contributed by atoms with E-state index in [4.69, 9.17) is 0 Å². The van der Waals surface area contributed by atoms with Crippen LogP contribution < -0.4 is 5.32 Å². The predicted molar refractivity (Wildman–Crippen MR) is 82.5 cm³/mol. The number of hydrogen-bond donors (Lipinski definition) is 1. The Bertz CT molecular complexity index is 796. The average Bonchev–Trinajstić information content (AvgIpc) is 3.09. The van der Waals surface area contributed by atoms with Gasteiger partial charge in [-0.3, -0.25) is 4.79 Å². The summed E-state index contributed by atoms with van der Waals surface area (Å²) in [6, 6.07) is 3.71. The van der Waals surface area contributed by atoms with Crippen LogP contribution in [-0.4, -0.2) is 35.2 Å². The lowest BCUT2D eigenvalue weighted by atomic mass is 10.1. The van der Waals surface area contributed by atoms with Gasteiger partial charge in [0.05, 0.1) is 17.5 Å². The number of fused-ring (bicyclic) bond motifs is 1. The van der Waals surface area contributed by atoms with Crippen LogP contribution in [0.25, 0.3) is 11.0 Å². The van der Waals surface area contributed by atoms with Crippen molar-refractivity contribution in [2.45, 2.75) is 12.1 Å². The normalized spacial score (nSPS) is 11.0. The van der Waals surface area contributed by atoms with Crippen molar-refractivity contribution in [3.63, 3.8) is 0 Å². The first kappa shape index (κ1) is 14.0. The molecule has 0 saturated heterocycles. The maximum atomic E-state index is 12.0. The summed E-state index contributed by atoms with van der Waals surface area (Å²) >= 11 is 2.51. The van der Waals surface area contributed by atoms with Crippen molar-refractivity contribution in [2.75, 3.05) is 11.1 Å². The number of amides is 1. The topological polar surface area (TPSA) is 85.6 Å². The summed E-state index contributed by atoms with van der Waals surface area (Å²) in [6.07, 6.45) is 1.60. The summed E-state index contributed by atoms with van der Waals surface area (Å²) in [6.45, 7) is 1.93. The van der Waals surface area contributed by atoms with Crippen LogP contribution in [0.5, 0.6) is 0 Å². The van der Waals surface area contributed by atoms with Gasteiger partial charge in [0.1, 0.15) is 17.4 Å². The van der Waals surface area contributed by atoms with Gasteiger partial charge in [-0.1, -0.05) is 11.8 Å². The van der Waals surface area contributed by atoms with Gasteiger partial charge in [0, 0.05) is 18.3 Å². The van der Waals surface area contributed by atoms with Crippen LogP contribution in [-0.2, 0) is 11.8 Å². The fourth-order valence-electron chi connectivity index (χ4n) is 1.84. The van der Waals surface area contributed by atoms with E-state index < -0.39 is 0 Å². The molecule has 108 valence electrons. The van der Waals surface area contributed by atoms with Gasteiger partial charge in [-0.25, -0.2) is 0 Å². The Labute approximate surface area is 129 Å². The molecule has 1 aromatic carbocycles. The first-order valence-electron chi connectivity index (χ1n) is 6.13. The van der Waals surface area contributed by atoms with Gasteiger partial charge in [-0.05, 0) is 19.1 Å². The molecule has 21 heavy (non-hydrogen) atoms. The second-order valence-electron chi connectivity index (χ2n) is 4.43. The molecule has 0 aliphatic carbocycles. The number of nitrogens with zero attached hydrogens (tertiary/aromatic N) is 5. The highest BCUT2D eigenvalue weighted by atomic mass is 32.2. The predicted octanol–water partition coefficient (Wildman–Crippen LogP) is 1.86. The lowest BCUT2D eigenvalue weighted by Gasteiger charge is -2.08. The van der Waals surface area contributed by atoms with Crippen LogP contribution in [0, 0.1) is 6.92 Å². The number of aromatic nitrogens is 5. The summed E-state index contributed by atoms with van der Waals surface area (Å²) < 4.78 is 10.2. The molecule has 0 atom stereocenters. The molecule has 0 aliphatic heterocycles. The molecule has 0 spiro atoms. The van der Waals surface area contributed by atoms with Gasteiger partial charge in [0.25, 0.3) is 0 Å². The number of thioether (sulfide) groups is 1. The number of carbonyl (C=O) groups is 1. The fraction of sp³-hybridized carbons (Fsp3) is 0.250. The molecular formula is C12H12N6OS2. The van der Waals surface area contributed by atoms with Crippen molar-refractivity contribution in [1.82, 2.24) is 23.5 Å². The third-order valence-corrected chi connectivity index (χ3v) is 4.53. The van der Waals surface area contributed by atoms with Gasteiger partial charge >= 0.3 is 0 Å². The van der Waals surface area contributed by atoms with Crippen LogP contribution in [0.1, 0.15) is 5.56 Å². The molecule has 2 heterocycles. The number of hydrogen-bond acceptors (Lipinski definition) is 7. The third-order valence-electron chi connectivity index (χ3n) is 2.96. The smallest absolute Gasteiger partial charge is 0.234 e. The standard InChI is InChI=1S/C12H12N6OS2/c1-7-8(3-4-9-11(7)17-21-16-9)14-10(19)5-20-12-15-13-6-18(12)2/h3-4,6H,5H2,1-2H3,(H,14,19). The molecular weight excluding hydrogens is 308 g/mol. The van der Waals surface area contributed by atoms with E-state index in [0.29, 0.717) is 5.16 Å². The minimum atomic E-state index is -0.0892. The molecule has 0 bridgehead atoms. The Balaban J connectivity index is 1.68. The number of nitrogens with one attached hydrogen (secondary N) is 1. The van der Waals surface area contributed by atoms with Crippen LogP contribution >= 0.6 is 23.5 Å². The van der Waals surface area contributed by atoms with E-state index in [1.807, 2.05) is 26.1 Å². The number of anilines is 1. The summed E-state index contributed by atoms with van der Waals surface area (Å²) in [5, 5.41) is 11.3. The van der Waals surface area contributed by atoms with Crippen LogP contribution in [0.2, 0.25) is 0 Å². The van der Waals surface area contributed by atoms with E-state index in [1.54, 1.807) is 10.9 Å². The van der Waals surface area contributed by atoms with Gasteiger partial charge < -0.3 is 9.88 Å². The highest BCUT2D eigenvalue weighted by molar-refractivity contribution is 7.99. The van der Waals surface area contributed by atoms with E-state index in [2.05, 4.69) is 24.3 Å². The minimum absolute atomic E-state index is 0.0892. The highest BCUT2D eigenvalue weighted by Gasteiger charge is 2.11. The Morgan fingerprint density at radius 1 is 1.43 bits per heavy atom. The van der Waals surface area contributed by atoms with Crippen molar-refractivity contribution in [3.8, 4) is 0 Å². The molecule has 0 aliphatic rings. The molecule has 2 aromatic heterocycles. The van der Waals surface area contributed by atoms with Crippen LogP contribution in [0.4, 0.5) is 5.69 Å². The molecule has 1 N–H and O–H groups in total. The summed E-state index contributed by atoms with van der Waals surface area (Å²) in [5.74, 6) is 0.188. The van der Waals surface area contributed by atoms with Gasteiger partial charge in [-0.15, -0.1) is 10.2 Å². The molecule has 3 aromatic rings. The molecule has 7 nitrogen and oxygen atoms in total. The van der Waals surface area contributed by atoms with E-state index in [1.165, 1.54) is 23.5 Å². The number of aryl methyl sites for hydroxylation is 2. The maximum absolute atomic E-state index is 12.0. The zero-order valence-corrected chi connectivity index (χ0v) is 13.0. The molecule has 0 saturated carbocycles. The monoisotopic (exact) mass is 320 g/mol. The molecule has 1 amide bonds. The number of carbonyl (C=O) groups excluding carboxylic acids is 1. The van der Waals surface area contributed by atoms with Crippen molar-refractivity contribution in [1.29, 1.82) is 0 Å². The molecule has 0 fully saturated rings. The minimum Gasteiger partial charge on any atom is -0.325 e. The lowest BCUT2D eigenvalue weighted by molar-refractivity contribution is -0.113. The van der Waals surface area contributed by atoms with Crippen molar-refractivity contribution >= 4 is 46.1 Å². The zero-order valence-electron chi connectivity index (χ0n) is 11.4. The van der Waals surface area contributed by atoms with Crippen LogP contribution in [0.15, 0.2) is 23.6 Å². The van der Waals surface area contributed by atoms with Gasteiger partial charge in [0.2, 0.25) is 5.91 Å². The zero-order chi connectivity index (χ0) is 14.8. The first-order chi connectivity index (χ1) is 10.1. The number of rotatable bonds is 4. The summed E-state index contributed by atoms with van der Waals surface area (Å²) in [5.41, 5.74) is 3.37.